The lowest BCUT2D eigenvalue weighted by Crippen LogP contribution is -1.83. The van der Waals surface area contributed by atoms with Crippen molar-refractivity contribution in [3.8, 4) is 0 Å². The highest BCUT2D eigenvalue weighted by Gasteiger charge is 2.03. The van der Waals surface area contributed by atoms with Gasteiger partial charge in [0.25, 0.3) is 0 Å². The molecule has 1 N–H and O–H groups in total. The molecule has 1 heterocycles. The summed E-state index contributed by atoms with van der Waals surface area (Å²) in [5.41, 5.74) is 2.26. The second-order valence-corrected chi connectivity index (χ2v) is 3.96. The highest BCUT2D eigenvalue weighted by Crippen LogP contribution is 2.21. The van der Waals surface area contributed by atoms with E-state index in [4.69, 9.17) is 0 Å². The number of aromatic amines is 1. The molecule has 0 saturated heterocycles. The van der Waals surface area contributed by atoms with Crippen molar-refractivity contribution in [2.45, 2.75) is 32.6 Å². The van der Waals surface area contributed by atoms with E-state index in [2.05, 4.69) is 11.9 Å². The van der Waals surface area contributed by atoms with Gasteiger partial charge in [0.1, 0.15) is 5.82 Å². The van der Waals surface area contributed by atoms with E-state index in [0.29, 0.717) is 0 Å². The van der Waals surface area contributed by atoms with Crippen molar-refractivity contribution in [2.24, 2.45) is 0 Å². The molecule has 2 aromatic rings. The van der Waals surface area contributed by atoms with Gasteiger partial charge in [-0.25, -0.2) is 4.39 Å². The maximum absolute atomic E-state index is 13.1. The van der Waals surface area contributed by atoms with E-state index in [1.165, 1.54) is 30.9 Å². The van der Waals surface area contributed by atoms with Crippen molar-refractivity contribution in [2.75, 3.05) is 0 Å². The number of hydrogen-bond donors (Lipinski definition) is 1. The van der Waals surface area contributed by atoms with E-state index in [9.17, 15) is 4.39 Å². The van der Waals surface area contributed by atoms with Gasteiger partial charge in [-0.3, -0.25) is 0 Å². The van der Waals surface area contributed by atoms with Crippen LogP contribution in [0.15, 0.2) is 24.4 Å². The van der Waals surface area contributed by atoms with Crippen molar-refractivity contribution in [3.05, 3.63) is 35.8 Å². The van der Waals surface area contributed by atoms with Crippen molar-refractivity contribution >= 4 is 10.9 Å². The predicted octanol–water partition coefficient (Wildman–Crippen LogP) is 4.04. The Labute approximate surface area is 89.3 Å². The van der Waals surface area contributed by atoms with E-state index in [1.807, 2.05) is 6.20 Å². The monoisotopic (exact) mass is 205 g/mol. The van der Waals surface area contributed by atoms with Gasteiger partial charge in [-0.1, -0.05) is 19.8 Å². The molecule has 0 aliphatic heterocycles. The topological polar surface area (TPSA) is 15.8 Å². The summed E-state index contributed by atoms with van der Waals surface area (Å²) in [5, 5.41) is 1.03. The molecule has 2 rings (SSSR count). The molecular formula is C13H16FN. The van der Waals surface area contributed by atoms with Crippen LogP contribution >= 0.6 is 0 Å². The lowest BCUT2D eigenvalue weighted by atomic mass is 10.1. The van der Waals surface area contributed by atoms with Crippen LogP contribution in [0.5, 0.6) is 0 Å². The molecule has 15 heavy (non-hydrogen) atoms. The van der Waals surface area contributed by atoms with Crippen LogP contribution in [0.25, 0.3) is 10.9 Å². The van der Waals surface area contributed by atoms with Crippen LogP contribution in [0.4, 0.5) is 4.39 Å². The number of halogens is 1. The SMILES string of the molecule is CCCCCc1c[nH]c2ccc(F)cc12. The predicted molar refractivity (Wildman–Crippen MR) is 61.5 cm³/mol. The van der Waals surface area contributed by atoms with E-state index in [1.54, 1.807) is 12.1 Å². The first kappa shape index (κ1) is 10.2. The fourth-order valence-electron chi connectivity index (χ4n) is 1.92. The second-order valence-electron chi connectivity index (χ2n) is 3.96. The van der Waals surface area contributed by atoms with Crippen LogP contribution < -0.4 is 0 Å². The Morgan fingerprint density at radius 1 is 1.27 bits per heavy atom. The lowest BCUT2D eigenvalue weighted by Gasteiger charge is -1.98. The van der Waals surface area contributed by atoms with Crippen molar-refractivity contribution < 1.29 is 4.39 Å². The summed E-state index contributed by atoms with van der Waals surface area (Å²) in [4.78, 5) is 3.18. The average Bonchev–Trinajstić information content (AvgIpc) is 2.62. The standard InChI is InChI=1S/C13H16FN/c1-2-3-4-5-10-9-15-13-7-6-11(14)8-12(10)13/h6-9,15H,2-5H2,1H3. The lowest BCUT2D eigenvalue weighted by molar-refractivity contribution is 0.629. The number of aromatic nitrogens is 1. The Hall–Kier alpha value is -1.31. The minimum Gasteiger partial charge on any atom is -0.361 e. The average molecular weight is 205 g/mol. The van der Waals surface area contributed by atoms with Crippen LogP contribution in [0.1, 0.15) is 31.7 Å². The Balaban J connectivity index is 2.23. The molecule has 1 nitrogen and oxygen atoms in total. The van der Waals surface area contributed by atoms with Gasteiger partial charge in [0.05, 0.1) is 0 Å². The number of aryl methyl sites for hydroxylation is 1. The van der Waals surface area contributed by atoms with Crippen LogP contribution in [0.2, 0.25) is 0 Å². The molecular weight excluding hydrogens is 189 g/mol. The second kappa shape index (κ2) is 4.47. The zero-order valence-electron chi connectivity index (χ0n) is 9.02. The van der Waals surface area contributed by atoms with E-state index in [-0.39, 0.29) is 5.82 Å². The largest absolute Gasteiger partial charge is 0.361 e. The minimum atomic E-state index is -0.154. The first-order valence-corrected chi connectivity index (χ1v) is 5.57. The highest BCUT2D eigenvalue weighted by molar-refractivity contribution is 5.83. The number of fused-ring (bicyclic) bond motifs is 1. The normalized spacial score (nSPS) is 11.1. The third-order valence-electron chi connectivity index (χ3n) is 2.78. The number of benzene rings is 1. The molecule has 0 aliphatic rings. The van der Waals surface area contributed by atoms with Crippen molar-refractivity contribution in [1.82, 2.24) is 4.98 Å². The van der Waals surface area contributed by atoms with E-state index < -0.39 is 0 Å². The molecule has 80 valence electrons. The van der Waals surface area contributed by atoms with Gasteiger partial charge < -0.3 is 4.98 Å². The zero-order chi connectivity index (χ0) is 10.7. The summed E-state index contributed by atoms with van der Waals surface area (Å²) in [6.07, 6.45) is 6.68. The molecule has 1 aromatic carbocycles. The number of nitrogens with one attached hydrogen (secondary N) is 1. The van der Waals surface area contributed by atoms with Gasteiger partial charge in [-0.15, -0.1) is 0 Å². The maximum atomic E-state index is 13.1. The fraction of sp³-hybridized carbons (Fsp3) is 0.385. The maximum Gasteiger partial charge on any atom is 0.123 e. The van der Waals surface area contributed by atoms with Gasteiger partial charge in [0.15, 0.2) is 0 Å². The first-order chi connectivity index (χ1) is 7.31. The summed E-state index contributed by atoms with van der Waals surface area (Å²) < 4.78 is 13.1. The molecule has 0 saturated carbocycles. The molecule has 0 bridgehead atoms. The summed E-state index contributed by atoms with van der Waals surface area (Å²) in [5.74, 6) is -0.154. The first-order valence-electron chi connectivity index (χ1n) is 5.57. The smallest absolute Gasteiger partial charge is 0.123 e. The Bertz CT molecular complexity index is 445. The number of rotatable bonds is 4. The van der Waals surface area contributed by atoms with Crippen LogP contribution in [-0.2, 0) is 6.42 Å². The summed E-state index contributed by atoms with van der Waals surface area (Å²) in [6, 6.07) is 4.91. The number of hydrogen-bond acceptors (Lipinski definition) is 0. The molecule has 1 aromatic heterocycles. The molecule has 0 atom stereocenters. The molecule has 0 radical (unpaired) electrons. The Morgan fingerprint density at radius 2 is 2.13 bits per heavy atom. The van der Waals surface area contributed by atoms with E-state index >= 15 is 0 Å². The quantitative estimate of drug-likeness (QED) is 0.725. The third-order valence-corrected chi connectivity index (χ3v) is 2.78. The number of unbranched alkanes of at least 4 members (excludes halogenated alkanes) is 2. The molecule has 0 aliphatic carbocycles. The minimum absolute atomic E-state index is 0.154. The molecule has 0 spiro atoms. The molecule has 2 heteroatoms. The third kappa shape index (κ3) is 2.20. The van der Waals surface area contributed by atoms with Gasteiger partial charge in [-0.2, -0.15) is 0 Å². The Morgan fingerprint density at radius 3 is 2.93 bits per heavy atom. The highest BCUT2D eigenvalue weighted by atomic mass is 19.1. The summed E-state index contributed by atoms with van der Waals surface area (Å²) >= 11 is 0. The fourth-order valence-corrected chi connectivity index (χ4v) is 1.92. The zero-order valence-corrected chi connectivity index (χ0v) is 9.02. The van der Waals surface area contributed by atoms with Crippen LogP contribution in [0.3, 0.4) is 0 Å². The van der Waals surface area contributed by atoms with E-state index in [0.717, 1.165) is 17.3 Å². The number of H-pyrrole nitrogens is 1. The van der Waals surface area contributed by atoms with Crippen molar-refractivity contribution in [1.29, 1.82) is 0 Å². The van der Waals surface area contributed by atoms with Crippen molar-refractivity contribution in [3.63, 3.8) is 0 Å². The summed E-state index contributed by atoms with van der Waals surface area (Å²) in [6.45, 7) is 2.19. The van der Waals surface area contributed by atoms with Crippen LogP contribution in [0, 0.1) is 5.82 Å². The van der Waals surface area contributed by atoms with Gasteiger partial charge in [-0.05, 0) is 36.6 Å². The van der Waals surface area contributed by atoms with Gasteiger partial charge in [0.2, 0.25) is 0 Å². The van der Waals surface area contributed by atoms with Gasteiger partial charge >= 0.3 is 0 Å². The molecule has 0 amide bonds. The van der Waals surface area contributed by atoms with Gasteiger partial charge in [0, 0.05) is 17.1 Å². The summed E-state index contributed by atoms with van der Waals surface area (Å²) in [7, 11) is 0. The Kier molecular flexibility index (Phi) is 3.05. The molecule has 0 unspecified atom stereocenters. The molecule has 0 fully saturated rings. The van der Waals surface area contributed by atoms with Crippen LogP contribution in [-0.4, -0.2) is 4.98 Å².